The number of carbonyl (C=O) groups excluding carboxylic acids is 1. The summed E-state index contributed by atoms with van der Waals surface area (Å²) >= 11 is 0. The molecule has 90 valence electrons. The fourth-order valence-corrected chi connectivity index (χ4v) is 3.04. The molecule has 4 nitrogen and oxygen atoms in total. The van der Waals surface area contributed by atoms with Crippen molar-refractivity contribution >= 4 is 5.91 Å². The van der Waals surface area contributed by atoms with Crippen LogP contribution in [0.4, 0.5) is 0 Å². The van der Waals surface area contributed by atoms with E-state index in [0.717, 1.165) is 5.57 Å². The van der Waals surface area contributed by atoms with Gasteiger partial charge in [0.1, 0.15) is 5.60 Å². The summed E-state index contributed by atoms with van der Waals surface area (Å²) in [7, 11) is 0. The van der Waals surface area contributed by atoms with Gasteiger partial charge in [-0.1, -0.05) is 13.8 Å². The van der Waals surface area contributed by atoms with Gasteiger partial charge in [-0.15, -0.1) is 0 Å². The maximum Gasteiger partial charge on any atom is 0.223 e. The molecule has 4 atom stereocenters. The van der Waals surface area contributed by atoms with Crippen molar-refractivity contribution in [2.75, 3.05) is 6.61 Å². The van der Waals surface area contributed by atoms with Crippen LogP contribution in [0.5, 0.6) is 0 Å². The summed E-state index contributed by atoms with van der Waals surface area (Å²) < 4.78 is 0. The molecule has 1 saturated heterocycles. The third kappa shape index (κ3) is 1.26. The van der Waals surface area contributed by atoms with Gasteiger partial charge in [0.05, 0.1) is 18.6 Å². The molecule has 4 heteroatoms. The fraction of sp³-hybridized carbons (Fsp3) is 0.750. The Hall–Kier alpha value is -0.870. The van der Waals surface area contributed by atoms with Crippen LogP contribution in [0.3, 0.4) is 0 Å². The van der Waals surface area contributed by atoms with Gasteiger partial charge in [-0.2, -0.15) is 0 Å². The molecule has 1 heterocycles. The molecule has 1 amide bonds. The van der Waals surface area contributed by atoms with Gasteiger partial charge < -0.3 is 15.5 Å². The van der Waals surface area contributed by atoms with Crippen molar-refractivity contribution in [2.24, 2.45) is 11.8 Å². The van der Waals surface area contributed by atoms with Crippen LogP contribution in [-0.4, -0.2) is 33.9 Å². The average molecular weight is 225 g/mol. The van der Waals surface area contributed by atoms with Crippen LogP contribution in [0.25, 0.3) is 0 Å². The largest absolute Gasteiger partial charge is 0.393 e. The van der Waals surface area contributed by atoms with Crippen LogP contribution in [0.2, 0.25) is 0 Å². The molecule has 0 radical (unpaired) electrons. The Kier molecular flexibility index (Phi) is 2.40. The van der Waals surface area contributed by atoms with Gasteiger partial charge in [-0.05, 0) is 30.4 Å². The zero-order chi connectivity index (χ0) is 12.1. The Morgan fingerprint density at radius 1 is 1.50 bits per heavy atom. The molecule has 0 aromatic rings. The number of carbonyl (C=O) groups is 1. The van der Waals surface area contributed by atoms with Gasteiger partial charge in [-0.25, -0.2) is 0 Å². The van der Waals surface area contributed by atoms with E-state index in [1.807, 2.05) is 20.8 Å². The highest BCUT2D eigenvalue weighted by molar-refractivity contribution is 5.86. The summed E-state index contributed by atoms with van der Waals surface area (Å²) in [5.74, 6) is 0.0930. The van der Waals surface area contributed by atoms with Crippen LogP contribution in [0.1, 0.15) is 27.2 Å². The molecular weight excluding hydrogens is 206 g/mol. The van der Waals surface area contributed by atoms with E-state index in [0.29, 0.717) is 6.42 Å². The van der Waals surface area contributed by atoms with Gasteiger partial charge in [0.15, 0.2) is 0 Å². The number of aliphatic hydroxyl groups excluding tert-OH is 1. The molecule has 1 aliphatic carbocycles. The SMILES string of the molecule is CC1=C[C@@](O)(CO)C(C)C(C)C12CC(=O)N2. The first kappa shape index (κ1) is 11.6. The monoisotopic (exact) mass is 225 g/mol. The topological polar surface area (TPSA) is 69.6 Å². The number of hydrogen-bond donors (Lipinski definition) is 3. The summed E-state index contributed by atoms with van der Waals surface area (Å²) in [6.45, 7) is 5.56. The lowest BCUT2D eigenvalue weighted by Crippen LogP contribution is -2.70. The van der Waals surface area contributed by atoms with Gasteiger partial charge in [-0.3, -0.25) is 4.79 Å². The van der Waals surface area contributed by atoms with Crippen molar-refractivity contribution in [3.8, 4) is 0 Å². The predicted molar refractivity (Wildman–Crippen MR) is 59.6 cm³/mol. The molecule has 3 unspecified atom stereocenters. The minimum Gasteiger partial charge on any atom is -0.393 e. The van der Waals surface area contributed by atoms with Crippen molar-refractivity contribution in [2.45, 2.75) is 38.3 Å². The van der Waals surface area contributed by atoms with E-state index in [9.17, 15) is 15.0 Å². The van der Waals surface area contributed by atoms with Crippen LogP contribution in [-0.2, 0) is 4.79 Å². The number of aliphatic hydroxyl groups is 2. The van der Waals surface area contributed by atoms with Crippen molar-refractivity contribution < 1.29 is 15.0 Å². The zero-order valence-electron chi connectivity index (χ0n) is 9.95. The van der Waals surface area contributed by atoms with E-state index in [1.54, 1.807) is 6.08 Å². The van der Waals surface area contributed by atoms with E-state index in [-0.39, 0.29) is 29.9 Å². The Labute approximate surface area is 95.4 Å². The number of β-lactam (4-membered cyclic amide) rings is 1. The van der Waals surface area contributed by atoms with E-state index in [2.05, 4.69) is 5.32 Å². The smallest absolute Gasteiger partial charge is 0.223 e. The second kappa shape index (κ2) is 3.31. The third-order valence-electron chi connectivity index (χ3n) is 4.54. The molecule has 2 aliphatic rings. The maximum absolute atomic E-state index is 11.2. The van der Waals surface area contributed by atoms with Crippen molar-refractivity contribution in [3.63, 3.8) is 0 Å². The first-order valence-corrected chi connectivity index (χ1v) is 5.70. The lowest BCUT2D eigenvalue weighted by Gasteiger charge is -2.55. The molecule has 0 aromatic heterocycles. The van der Waals surface area contributed by atoms with Gasteiger partial charge in [0.2, 0.25) is 5.91 Å². The number of hydrogen-bond acceptors (Lipinski definition) is 3. The lowest BCUT2D eigenvalue weighted by atomic mass is 9.59. The number of amides is 1. The second-order valence-corrected chi connectivity index (χ2v) is 5.25. The van der Waals surface area contributed by atoms with Crippen LogP contribution >= 0.6 is 0 Å². The Bertz CT molecular complexity index is 355. The van der Waals surface area contributed by atoms with E-state index < -0.39 is 5.60 Å². The van der Waals surface area contributed by atoms with Gasteiger partial charge >= 0.3 is 0 Å². The quantitative estimate of drug-likeness (QED) is 0.441. The maximum atomic E-state index is 11.2. The Morgan fingerprint density at radius 2 is 2.06 bits per heavy atom. The molecule has 16 heavy (non-hydrogen) atoms. The zero-order valence-corrected chi connectivity index (χ0v) is 9.95. The van der Waals surface area contributed by atoms with Gasteiger partial charge in [0, 0.05) is 0 Å². The molecule has 2 rings (SSSR count). The first-order valence-electron chi connectivity index (χ1n) is 5.70. The number of rotatable bonds is 1. The van der Waals surface area contributed by atoms with E-state index in [1.165, 1.54) is 0 Å². The minimum absolute atomic E-state index is 0.0567. The molecule has 1 aliphatic heterocycles. The second-order valence-electron chi connectivity index (χ2n) is 5.25. The molecular formula is C12H19NO3. The summed E-state index contributed by atoms with van der Waals surface area (Å²) in [4.78, 5) is 11.2. The van der Waals surface area contributed by atoms with E-state index in [4.69, 9.17) is 0 Å². The highest BCUT2D eigenvalue weighted by atomic mass is 16.3. The molecule has 0 bridgehead atoms. The molecule has 3 N–H and O–H groups in total. The summed E-state index contributed by atoms with van der Waals surface area (Å²) in [6, 6.07) is 0. The molecule has 1 fully saturated rings. The fourth-order valence-electron chi connectivity index (χ4n) is 3.04. The average Bonchev–Trinajstić information content (AvgIpc) is 2.20. The summed E-state index contributed by atoms with van der Waals surface area (Å²) in [5, 5.41) is 22.5. The molecule has 1 spiro atoms. The summed E-state index contributed by atoms with van der Waals surface area (Å²) in [6.07, 6.45) is 2.19. The third-order valence-corrected chi connectivity index (χ3v) is 4.54. The van der Waals surface area contributed by atoms with Crippen LogP contribution in [0, 0.1) is 11.8 Å². The standard InChI is InChI=1S/C12H19NO3/c1-7-4-11(16,6-14)8(2)9(3)12(7)5-10(15)13-12/h4,8-9,14,16H,5-6H2,1-3H3,(H,13,15)/t8?,9?,11-,12?/m1/s1. The van der Waals surface area contributed by atoms with Gasteiger partial charge in [0.25, 0.3) is 0 Å². The highest BCUT2D eigenvalue weighted by Crippen LogP contribution is 2.47. The molecule has 0 aromatic carbocycles. The Morgan fingerprint density at radius 3 is 2.50 bits per heavy atom. The van der Waals surface area contributed by atoms with Crippen molar-refractivity contribution in [1.29, 1.82) is 0 Å². The Balaban J connectivity index is 2.40. The van der Waals surface area contributed by atoms with Crippen molar-refractivity contribution in [1.82, 2.24) is 5.32 Å². The van der Waals surface area contributed by atoms with Crippen LogP contribution < -0.4 is 5.32 Å². The lowest BCUT2D eigenvalue weighted by molar-refractivity contribution is -0.138. The van der Waals surface area contributed by atoms with Crippen LogP contribution in [0.15, 0.2) is 11.6 Å². The normalized spacial score (nSPS) is 47.3. The number of nitrogens with one attached hydrogen (secondary N) is 1. The summed E-state index contributed by atoms with van der Waals surface area (Å²) in [5.41, 5.74) is -0.498. The predicted octanol–water partition coefficient (Wildman–Crippen LogP) is 0.201. The molecule has 0 saturated carbocycles. The highest BCUT2D eigenvalue weighted by Gasteiger charge is 2.56. The first-order chi connectivity index (χ1) is 7.35. The van der Waals surface area contributed by atoms with Crippen molar-refractivity contribution in [3.05, 3.63) is 11.6 Å². The van der Waals surface area contributed by atoms with E-state index >= 15 is 0 Å². The minimum atomic E-state index is -1.16.